The number of amides is 2. The zero-order chi connectivity index (χ0) is 32.5. The molecular weight excluding hydrogens is 622 g/mol. The number of rotatable bonds is 13. The van der Waals surface area contributed by atoms with Gasteiger partial charge in [0.15, 0.2) is 0 Å². The smallest absolute Gasteiger partial charge is 0.264 e. The van der Waals surface area contributed by atoms with Crippen molar-refractivity contribution in [2.75, 3.05) is 18.0 Å². The van der Waals surface area contributed by atoms with Crippen LogP contribution in [0.4, 0.5) is 5.69 Å². The van der Waals surface area contributed by atoms with E-state index in [0.29, 0.717) is 10.8 Å². The minimum atomic E-state index is -4.23. The van der Waals surface area contributed by atoms with Gasteiger partial charge in [0, 0.05) is 24.0 Å². The van der Waals surface area contributed by atoms with Crippen LogP contribution in [0, 0.1) is 0 Å². The molecule has 1 atom stereocenters. The first-order valence-electron chi connectivity index (χ1n) is 15.4. The van der Waals surface area contributed by atoms with E-state index in [4.69, 9.17) is 16.3 Å². The lowest BCUT2D eigenvalue weighted by atomic mass is 10.0. The van der Waals surface area contributed by atoms with Gasteiger partial charge in [-0.2, -0.15) is 0 Å². The number of carbonyl (C=O) groups is 2. The highest BCUT2D eigenvalue weighted by atomic mass is 35.5. The van der Waals surface area contributed by atoms with Crippen LogP contribution in [-0.4, -0.2) is 50.9 Å². The number of ether oxygens (including phenoxy) is 1. The van der Waals surface area contributed by atoms with Gasteiger partial charge in [-0.3, -0.25) is 13.9 Å². The molecule has 4 aromatic rings. The van der Waals surface area contributed by atoms with Gasteiger partial charge >= 0.3 is 0 Å². The van der Waals surface area contributed by atoms with Crippen LogP contribution in [0.15, 0.2) is 114 Å². The molecule has 4 aromatic carbocycles. The van der Waals surface area contributed by atoms with Crippen LogP contribution in [0.3, 0.4) is 0 Å². The number of para-hydroxylation sites is 2. The number of benzene rings is 4. The highest BCUT2D eigenvalue weighted by Crippen LogP contribution is 2.33. The number of anilines is 1. The third-order valence-corrected chi connectivity index (χ3v) is 10.2. The zero-order valence-electron chi connectivity index (χ0n) is 25.7. The van der Waals surface area contributed by atoms with Gasteiger partial charge in [0.25, 0.3) is 10.0 Å². The molecule has 0 aromatic heterocycles. The summed E-state index contributed by atoms with van der Waals surface area (Å²) in [6.45, 7) is -0.496. The summed E-state index contributed by atoms with van der Waals surface area (Å²) in [6, 6.07) is 30.3. The summed E-state index contributed by atoms with van der Waals surface area (Å²) in [4.78, 5) is 30.2. The van der Waals surface area contributed by atoms with Crippen LogP contribution in [0.25, 0.3) is 0 Å². The molecule has 0 heterocycles. The van der Waals surface area contributed by atoms with Crippen molar-refractivity contribution in [2.45, 2.75) is 55.6 Å². The number of methoxy groups -OCH3 is 1. The Morgan fingerprint density at radius 2 is 1.46 bits per heavy atom. The number of hydrogen-bond donors (Lipinski definition) is 1. The lowest BCUT2D eigenvalue weighted by Gasteiger charge is -2.34. The summed E-state index contributed by atoms with van der Waals surface area (Å²) in [5, 5.41) is 3.72. The zero-order valence-corrected chi connectivity index (χ0v) is 27.3. The van der Waals surface area contributed by atoms with Gasteiger partial charge in [0.05, 0.1) is 17.7 Å². The fraction of sp³-hybridized carbons (Fsp3) is 0.278. The number of sulfonamides is 1. The summed E-state index contributed by atoms with van der Waals surface area (Å²) < 4.78 is 35.0. The largest absolute Gasteiger partial charge is 0.495 e. The summed E-state index contributed by atoms with van der Waals surface area (Å²) in [6.07, 6.45) is 4.08. The first-order chi connectivity index (χ1) is 22.3. The van der Waals surface area contributed by atoms with Crippen molar-refractivity contribution in [3.05, 3.63) is 125 Å². The molecule has 0 saturated heterocycles. The van der Waals surface area contributed by atoms with Crippen LogP contribution in [0.2, 0.25) is 5.02 Å². The van der Waals surface area contributed by atoms with Crippen molar-refractivity contribution >= 4 is 39.1 Å². The van der Waals surface area contributed by atoms with E-state index in [1.165, 1.54) is 24.1 Å². The normalized spacial score (nSPS) is 14.0. The maximum Gasteiger partial charge on any atom is 0.264 e. The van der Waals surface area contributed by atoms with Crippen LogP contribution in [0.5, 0.6) is 5.75 Å². The maximum absolute atomic E-state index is 14.6. The Morgan fingerprint density at radius 1 is 0.848 bits per heavy atom. The third kappa shape index (κ3) is 8.08. The minimum Gasteiger partial charge on any atom is -0.495 e. The SMILES string of the molecule is COc1ccccc1N(CC(=O)N(Cc1ccc(Cl)cc1)C(Cc1ccccc1)C(=O)NC1CCCC1)S(=O)(=O)c1ccccc1. The summed E-state index contributed by atoms with van der Waals surface area (Å²) in [5.41, 5.74) is 1.84. The second-order valence-corrected chi connectivity index (χ2v) is 13.6. The topological polar surface area (TPSA) is 96.0 Å². The summed E-state index contributed by atoms with van der Waals surface area (Å²) in [7, 11) is -2.78. The Morgan fingerprint density at radius 3 is 2.11 bits per heavy atom. The first-order valence-corrected chi connectivity index (χ1v) is 17.2. The minimum absolute atomic E-state index is 0.0257. The van der Waals surface area contributed by atoms with E-state index in [0.717, 1.165) is 41.1 Å². The predicted molar refractivity (Wildman–Crippen MR) is 180 cm³/mol. The van der Waals surface area contributed by atoms with E-state index >= 15 is 0 Å². The van der Waals surface area contributed by atoms with E-state index in [1.807, 2.05) is 30.3 Å². The van der Waals surface area contributed by atoms with Gasteiger partial charge in [-0.25, -0.2) is 8.42 Å². The van der Waals surface area contributed by atoms with Gasteiger partial charge in [-0.15, -0.1) is 0 Å². The molecule has 46 heavy (non-hydrogen) atoms. The molecule has 1 N–H and O–H groups in total. The average molecular weight is 660 g/mol. The van der Waals surface area contributed by atoms with E-state index in [1.54, 1.807) is 66.7 Å². The van der Waals surface area contributed by atoms with Crippen molar-refractivity contribution in [1.82, 2.24) is 10.2 Å². The van der Waals surface area contributed by atoms with Gasteiger partial charge in [-0.05, 0) is 60.4 Å². The first kappa shape index (κ1) is 33.0. The van der Waals surface area contributed by atoms with Crippen molar-refractivity contribution in [1.29, 1.82) is 0 Å². The van der Waals surface area contributed by atoms with Crippen molar-refractivity contribution in [3.8, 4) is 5.75 Å². The van der Waals surface area contributed by atoms with Crippen molar-refractivity contribution in [3.63, 3.8) is 0 Å². The molecule has 0 bridgehead atoms. The fourth-order valence-electron chi connectivity index (χ4n) is 5.78. The molecule has 1 unspecified atom stereocenters. The number of nitrogens with one attached hydrogen (secondary N) is 1. The number of nitrogens with zero attached hydrogens (tertiary/aromatic N) is 2. The predicted octanol–water partition coefficient (Wildman–Crippen LogP) is 6.24. The second kappa shape index (κ2) is 15.3. The Kier molecular flexibility index (Phi) is 11.0. The fourth-order valence-corrected chi connectivity index (χ4v) is 7.35. The Hall–Kier alpha value is -4.34. The molecule has 0 radical (unpaired) electrons. The highest BCUT2D eigenvalue weighted by Gasteiger charge is 2.36. The van der Waals surface area contributed by atoms with Crippen LogP contribution < -0.4 is 14.4 Å². The average Bonchev–Trinajstić information content (AvgIpc) is 3.59. The molecule has 1 fully saturated rings. The number of halogens is 1. The van der Waals surface area contributed by atoms with E-state index in [-0.39, 0.29) is 35.5 Å². The van der Waals surface area contributed by atoms with E-state index in [9.17, 15) is 18.0 Å². The standard InChI is InChI=1S/C36H38ClN3O5S/c1-45-34-19-11-10-18-32(34)40(46(43,44)31-16-6-3-7-17-31)26-35(41)39(25-28-20-22-29(37)23-21-28)33(24-27-12-4-2-5-13-27)36(42)38-30-14-8-9-15-30/h2-7,10-13,16-23,30,33H,8-9,14-15,24-26H2,1H3,(H,38,42). The van der Waals surface area contributed by atoms with Crippen molar-refractivity contribution in [2.24, 2.45) is 0 Å². The van der Waals surface area contributed by atoms with Gasteiger partial charge < -0.3 is 15.0 Å². The van der Waals surface area contributed by atoms with Gasteiger partial charge in [0.2, 0.25) is 11.8 Å². The maximum atomic E-state index is 14.6. The molecule has 5 rings (SSSR count). The lowest BCUT2D eigenvalue weighted by molar-refractivity contribution is -0.140. The summed E-state index contributed by atoms with van der Waals surface area (Å²) >= 11 is 6.17. The monoisotopic (exact) mass is 659 g/mol. The Labute approximate surface area is 276 Å². The molecule has 1 saturated carbocycles. The van der Waals surface area contributed by atoms with Crippen molar-refractivity contribution < 1.29 is 22.7 Å². The Balaban J connectivity index is 1.58. The van der Waals surface area contributed by atoms with Gasteiger partial charge in [0.1, 0.15) is 18.3 Å². The van der Waals surface area contributed by atoms with Crippen LogP contribution in [-0.2, 0) is 32.6 Å². The molecule has 0 spiro atoms. The third-order valence-electron chi connectivity index (χ3n) is 8.20. The van der Waals surface area contributed by atoms with Gasteiger partial charge in [-0.1, -0.05) is 97.2 Å². The molecule has 10 heteroatoms. The molecule has 8 nitrogen and oxygen atoms in total. The molecule has 240 valence electrons. The van der Waals surface area contributed by atoms with Crippen LogP contribution >= 0.6 is 11.6 Å². The molecule has 2 amide bonds. The molecule has 0 aliphatic heterocycles. The Bertz CT molecular complexity index is 1710. The second-order valence-electron chi connectivity index (χ2n) is 11.3. The lowest BCUT2D eigenvalue weighted by Crippen LogP contribution is -2.54. The number of carbonyl (C=O) groups excluding carboxylic acids is 2. The number of hydrogen-bond acceptors (Lipinski definition) is 5. The molecule has 1 aliphatic carbocycles. The van der Waals surface area contributed by atoms with E-state index in [2.05, 4.69) is 5.32 Å². The molecule has 1 aliphatic rings. The quantitative estimate of drug-likeness (QED) is 0.183. The summed E-state index contributed by atoms with van der Waals surface area (Å²) in [5.74, 6) is -0.519. The molecular formula is C36H38ClN3O5S. The van der Waals surface area contributed by atoms with E-state index < -0.39 is 28.5 Å². The van der Waals surface area contributed by atoms with Crippen LogP contribution in [0.1, 0.15) is 36.8 Å². The highest BCUT2D eigenvalue weighted by molar-refractivity contribution is 7.92.